The molecule has 17 heteroatoms. The number of hydrogen-bond acceptors (Lipinski definition) is 6. The number of halogens is 6. The molecule has 1 fully saturated rings. The molecule has 0 unspecified atom stereocenters. The van der Waals surface area contributed by atoms with Gasteiger partial charge in [0.15, 0.2) is 6.29 Å². The van der Waals surface area contributed by atoms with Crippen LogP contribution in [0.1, 0.15) is 47.1 Å². The lowest BCUT2D eigenvalue weighted by Crippen LogP contribution is -2.46. The molecular formula is C23H23F6N4O6P. The van der Waals surface area contributed by atoms with Gasteiger partial charge in [0.2, 0.25) is 0 Å². The number of aromatic amines is 1. The molecule has 3 N–H and O–H groups in total. The van der Waals surface area contributed by atoms with Gasteiger partial charge in [0.05, 0.1) is 36.4 Å². The average Bonchev–Trinajstić information content (AvgIpc) is 3.24. The van der Waals surface area contributed by atoms with Gasteiger partial charge < -0.3 is 19.3 Å². The molecule has 0 amide bonds. The van der Waals surface area contributed by atoms with E-state index < -0.39 is 55.4 Å². The van der Waals surface area contributed by atoms with Crippen molar-refractivity contribution in [3.8, 4) is 0 Å². The molecule has 1 aliphatic rings. The molecule has 0 aliphatic carbocycles. The molecule has 0 spiro atoms. The van der Waals surface area contributed by atoms with Crippen LogP contribution in [0.5, 0.6) is 0 Å². The maximum absolute atomic E-state index is 13.4. The van der Waals surface area contributed by atoms with Gasteiger partial charge in [-0.25, -0.2) is 9.36 Å². The van der Waals surface area contributed by atoms with Crippen LogP contribution in [0.2, 0.25) is 0 Å². The molecule has 1 aliphatic heterocycles. The van der Waals surface area contributed by atoms with Gasteiger partial charge in [0.25, 0.3) is 0 Å². The van der Waals surface area contributed by atoms with E-state index in [1.165, 1.54) is 6.92 Å². The first kappa shape index (κ1) is 30.0. The molecule has 0 saturated carbocycles. The van der Waals surface area contributed by atoms with Gasteiger partial charge in [-0.3, -0.25) is 9.88 Å². The van der Waals surface area contributed by atoms with Crippen molar-refractivity contribution in [2.45, 2.75) is 44.3 Å². The maximum Gasteiger partial charge on any atom is 0.454 e. The van der Waals surface area contributed by atoms with Crippen molar-refractivity contribution in [1.29, 1.82) is 0 Å². The number of aromatic nitrogens is 3. The van der Waals surface area contributed by atoms with E-state index in [1.807, 2.05) is 0 Å². The van der Waals surface area contributed by atoms with Crippen LogP contribution < -0.4 is 5.69 Å². The molecular weight excluding hydrogens is 573 g/mol. The number of morpholine rings is 1. The lowest BCUT2D eigenvalue weighted by atomic mass is 10.0. The minimum atomic E-state index is -5.03. The van der Waals surface area contributed by atoms with Crippen molar-refractivity contribution < 1.29 is 50.2 Å². The molecule has 2 heterocycles. The zero-order valence-electron chi connectivity index (χ0n) is 20.6. The highest BCUT2D eigenvalue weighted by atomic mass is 31.2. The Hall–Kier alpha value is -3.01. The summed E-state index contributed by atoms with van der Waals surface area (Å²) in [7, 11) is -5.03. The van der Waals surface area contributed by atoms with Gasteiger partial charge in [-0.2, -0.15) is 26.3 Å². The topological polar surface area (TPSA) is 130 Å². The maximum atomic E-state index is 13.4. The van der Waals surface area contributed by atoms with E-state index in [0.717, 1.165) is 0 Å². The van der Waals surface area contributed by atoms with Gasteiger partial charge in [0, 0.05) is 6.54 Å². The van der Waals surface area contributed by atoms with Crippen molar-refractivity contribution in [1.82, 2.24) is 19.4 Å². The number of H-pyrrole nitrogens is 1. The second-order valence-corrected chi connectivity index (χ2v) is 10.4. The summed E-state index contributed by atoms with van der Waals surface area (Å²) < 4.78 is 103. The fourth-order valence-corrected chi connectivity index (χ4v) is 4.80. The first-order valence-electron chi connectivity index (χ1n) is 11.6. The monoisotopic (exact) mass is 596 g/mol. The molecule has 0 radical (unpaired) electrons. The minimum absolute atomic E-state index is 0.00222. The number of nitrogens with zero attached hydrogens (tertiary/aromatic N) is 3. The molecule has 3 atom stereocenters. The largest absolute Gasteiger partial charge is 0.454 e. The van der Waals surface area contributed by atoms with Crippen LogP contribution in [0.25, 0.3) is 0 Å². The van der Waals surface area contributed by atoms with Crippen LogP contribution in [0.15, 0.2) is 53.3 Å². The Labute approximate surface area is 222 Å². The summed E-state index contributed by atoms with van der Waals surface area (Å²) in [5, 5.41) is 3.65. The second-order valence-electron chi connectivity index (χ2n) is 8.96. The predicted molar refractivity (Wildman–Crippen MR) is 126 cm³/mol. The second kappa shape index (κ2) is 11.1. The summed E-state index contributed by atoms with van der Waals surface area (Å²) in [6, 6.07) is 8.87. The van der Waals surface area contributed by atoms with Gasteiger partial charge in [-0.05, 0) is 36.2 Å². The highest BCUT2D eigenvalue weighted by molar-refractivity contribution is 7.49. The Morgan fingerprint density at radius 3 is 2.23 bits per heavy atom. The standard InChI is InChI=1S/C23H23F6N4O6P/c1-13(15-9-16(22(24,25)26)11-17(10-15)23(27,28)29)39-20-19(14-5-3-2-4-6-14)32(7-8-38-20)12-18-30-21(34)33(31-18)40(35,36)37/h2-6,9-11,13,19-20H,7-8,12H2,1H3,(H,30,31,34)(H2,35,36,37)/t13-,19+,20+/m0/s1. The van der Waals surface area contributed by atoms with Gasteiger partial charge in [-0.1, -0.05) is 30.3 Å². The highest BCUT2D eigenvalue weighted by Crippen LogP contribution is 2.40. The van der Waals surface area contributed by atoms with Gasteiger partial charge in [0.1, 0.15) is 5.82 Å². The Balaban J connectivity index is 1.66. The Bertz CT molecular complexity index is 1410. The summed E-state index contributed by atoms with van der Waals surface area (Å²) in [5.41, 5.74) is -3.89. The Kier molecular flexibility index (Phi) is 8.32. The number of nitrogens with one attached hydrogen (secondary N) is 1. The fourth-order valence-electron chi connectivity index (χ4n) is 4.29. The normalized spacial score (nSPS) is 20.0. The van der Waals surface area contributed by atoms with Crippen LogP contribution in [0, 0.1) is 0 Å². The van der Waals surface area contributed by atoms with E-state index in [0.29, 0.717) is 17.7 Å². The predicted octanol–water partition coefficient (Wildman–Crippen LogP) is 4.23. The number of alkyl halides is 6. The zero-order chi connectivity index (χ0) is 29.5. The summed E-state index contributed by atoms with van der Waals surface area (Å²) in [6.45, 7) is 1.36. The zero-order valence-corrected chi connectivity index (χ0v) is 21.5. The molecule has 1 aromatic heterocycles. The first-order valence-corrected chi connectivity index (χ1v) is 13.2. The minimum Gasteiger partial charge on any atom is -0.349 e. The van der Waals surface area contributed by atoms with Crippen LogP contribution in [0.4, 0.5) is 26.3 Å². The third kappa shape index (κ3) is 6.82. The van der Waals surface area contributed by atoms with Crippen LogP contribution >= 0.6 is 7.75 Å². The van der Waals surface area contributed by atoms with E-state index in [9.17, 15) is 45.5 Å². The number of benzene rings is 2. The van der Waals surface area contributed by atoms with Crippen LogP contribution in [-0.4, -0.2) is 48.7 Å². The van der Waals surface area contributed by atoms with Crippen molar-refractivity contribution in [2.75, 3.05) is 13.2 Å². The van der Waals surface area contributed by atoms with E-state index in [4.69, 9.17) is 9.47 Å². The molecule has 10 nitrogen and oxygen atoms in total. The smallest absolute Gasteiger partial charge is 0.349 e. The number of rotatable bonds is 7. The van der Waals surface area contributed by atoms with Crippen molar-refractivity contribution in [2.24, 2.45) is 0 Å². The highest BCUT2D eigenvalue weighted by Gasteiger charge is 2.39. The van der Waals surface area contributed by atoms with Crippen molar-refractivity contribution in [3.05, 3.63) is 87.1 Å². The number of ether oxygens (including phenoxy) is 2. The summed E-state index contributed by atoms with van der Waals surface area (Å²) in [6.07, 6.45) is -12.6. The van der Waals surface area contributed by atoms with Crippen molar-refractivity contribution >= 4 is 7.75 Å². The van der Waals surface area contributed by atoms with E-state index >= 15 is 0 Å². The molecule has 2 aromatic carbocycles. The lowest BCUT2D eigenvalue weighted by molar-refractivity contribution is -0.231. The van der Waals surface area contributed by atoms with Gasteiger partial charge >= 0.3 is 25.8 Å². The summed E-state index contributed by atoms with van der Waals surface area (Å²) in [5.74, 6) is -0.101. The molecule has 4 rings (SSSR count). The quantitative estimate of drug-likeness (QED) is 0.273. The van der Waals surface area contributed by atoms with E-state index in [-0.39, 0.29) is 41.6 Å². The molecule has 1 saturated heterocycles. The molecule has 40 heavy (non-hydrogen) atoms. The Morgan fingerprint density at radius 2 is 1.70 bits per heavy atom. The fraction of sp³-hybridized carbons (Fsp3) is 0.391. The van der Waals surface area contributed by atoms with E-state index in [1.54, 1.807) is 35.2 Å². The summed E-state index contributed by atoms with van der Waals surface area (Å²) in [4.78, 5) is 34.5. The molecule has 0 bridgehead atoms. The van der Waals surface area contributed by atoms with Crippen LogP contribution in [0.3, 0.4) is 0 Å². The van der Waals surface area contributed by atoms with Crippen LogP contribution in [-0.2, 0) is 32.9 Å². The number of hydrogen-bond donors (Lipinski definition) is 3. The third-order valence-corrected chi connectivity index (χ3v) is 6.88. The Morgan fingerprint density at radius 1 is 1.10 bits per heavy atom. The van der Waals surface area contributed by atoms with Gasteiger partial charge in [-0.15, -0.1) is 9.55 Å². The SMILES string of the molecule is C[C@H](O[C@H]1OCCN(Cc2nn(P(=O)(O)O)c(=O)[nH]2)[C@@H]1c1ccccc1)c1cc(C(F)(F)F)cc(C(F)(F)F)c1. The molecule has 3 aromatic rings. The van der Waals surface area contributed by atoms with Crippen molar-refractivity contribution in [3.63, 3.8) is 0 Å². The lowest BCUT2D eigenvalue weighted by Gasteiger charge is -2.41. The first-order chi connectivity index (χ1) is 18.5. The van der Waals surface area contributed by atoms with E-state index in [2.05, 4.69) is 10.1 Å². The third-order valence-electron chi connectivity index (χ3n) is 6.12. The summed E-state index contributed by atoms with van der Waals surface area (Å²) >= 11 is 0. The molecule has 218 valence electrons. The average molecular weight is 596 g/mol.